The first-order valence-electron chi connectivity index (χ1n) is 10.2. The summed E-state index contributed by atoms with van der Waals surface area (Å²) in [7, 11) is 0. The molecule has 0 aliphatic rings. The highest BCUT2D eigenvalue weighted by atomic mass is 79.9. The zero-order valence-corrected chi connectivity index (χ0v) is 18.7. The number of carbonyl (C=O) groups excluding carboxylic acids is 1. The lowest BCUT2D eigenvalue weighted by atomic mass is 9.94. The van der Waals surface area contributed by atoms with Gasteiger partial charge in [0.25, 0.3) is 0 Å². The maximum Gasteiger partial charge on any atom is 0.196 e. The average Bonchev–Trinajstić information content (AvgIpc) is 3.24. The molecule has 6 heteroatoms. The highest BCUT2D eigenvalue weighted by Crippen LogP contribution is 2.31. The molecule has 1 aromatic heterocycles. The molecule has 0 amide bonds. The summed E-state index contributed by atoms with van der Waals surface area (Å²) in [6, 6.07) is 22.9. The van der Waals surface area contributed by atoms with Gasteiger partial charge in [-0.3, -0.25) is 9.36 Å². The van der Waals surface area contributed by atoms with Gasteiger partial charge in [0.2, 0.25) is 0 Å². The van der Waals surface area contributed by atoms with Gasteiger partial charge >= 0.3 is 0 Å². The normalized spacial score (nSPS) is 10.9. The van der Waals surface area contributed by atoms with Crippen molar-refractivity contribution in [1.29, 1.82) is 0 Å². The Morgan fingerprint density at radius 3 is 2.42 bits per heavy atom. The van der Waals surface area contributed by atoms with Crippen LogP contribution in [0.25, 0.3) is 17.1 Å². The average molecular weight is 476 g/mol. The lowest BCUT2D eigenvalue weighted by Gasteiger charge is -2.18. The van der Waals surface area contributed by atoms with Crippen molar-refractivity contribution in [2.45, 2.75) is 26.4 Å². The second-order valence-electron chi connectivity index (χ2n) is 7.17. The van der Waals surface area contributed by atoms with E-state index in [9.17, 15) is 9.90 Å². The van der Waals surface area contributed by atoms with Crippen LogP contribution in [0.1, 0.15) is 40.7 Å². The van der Waals surface area contributed by atoms with Gasteiger partial charge in [-0.2, -0.15) is 0 Å². The Kier molecular flexibility index (Phi) is 6.39. The third-order valence-corrected chi connectivity index (χ3v) is 5.83. The minimum Gasteiger partial charge on any atom is -0.388 e. The zero-order chi connectivity index (χ0) is 21.8. The van der Waals surface area contributed by atoms with Crippen molar-refractivity contribution in [3.63, 3.8) is 0 Å². The van der Waals surface area contributed by atoms with Crippen LogP contribution in [0.4, 0.5) is 0 Å². The number of ketones is 1. The third kappa shape index (κ3) is 4.09. The monoisotopic (exact) mass is 475 g/mol. The molecule has 1 heterocycles. The van der Waals surface area contributed by atoms with Crippen LogP contribution >= 0.6 is 15.9 Å². The maximum absolute atomic E-state index is 13.8. The SMILES string of the molecule is CCCc1cccc(-n2c(CO)nnc2-c2ccccc2)c1C(=O)c1ccccc1Br. The first-order chi connectivity index (χ1) is 15.2. The van der Waals surface area contributed by atoms with Gasteiger partial charge in [0, 0.05) is 21.2 Å². The predicted molar refractivity (Wildman–Crippen MR) is 124 cm³/mol. The van der Waals surface area contributed by atoms with Crippen molar-refractivity contribution >= 4 is 21.7 Å². The van der Waals surface area contributed by atoms with Gasteiger partial charge < -0.3 is 5.11 Å². The number of aromatic nitrogens is 3. The molecule has 0 aliphatic heterocycles. The molecular formula is C25H22BrN3O2. The zero-order valence-electron chi connectivity index (χ0n) is 17.1. The molecule has 0 spiro atoms. The van der Waals surface area contributed by atoms with Crippen LogP contribution in [0, 0.1) is 0 Å². The molecule has 31 heavy (non-hydrogen) atoms. The van der Waals surface area contributed by atoms with Crippen LogP contribution in [0.3, 0.4) is 0 Å². The minimum atomic E-state index is -0.291. The van der Waals surface area contributed by atoms with Crippen LogP contribution in [-0.2, 0) is 13.0 Å². The van der Waals surface area contributed by atoms with Crippen molar-refractivity contribution in [3.05, 3.63) is 99.8 Å². The summed E-state index contributed by atoms with van der Waals surface area (Å²) in [5, 5.41) is 18.5. The summed E-state index contributed by atoms with van der Waals surface area (Å²) in [5.74, 6) is 0.885. The van der Waals surface area contributed by atoms with Gasteiger partial charge in [-0.25, -0.2) is 0 Å². The number of carbonyl (C=O) groups is 1. The first-order valence-corrected chi connectivity index (χ1v) is 11.0. The van der Waals surface area contributed by atoms with Gasteiger partial charge in [0.1, 0.15) is 6.61 Å². The van der Waals surface area contributed by atoms with E-state index in [1.807, 2.05) is 72.8 Å². The number of hydrogen-bond acceptors (Lipinski definition) is 4. The second-order valence-corrected chi connectivity index (χ2v) is 8.02. The molecule has 5 nitrogen and oxygen atoms in total. The largest absolute Gasteiger partial charge is 0.388 e. The summed E-state index contributed by atoms with van der Waals surface area (Å²) in [4.78, 5) is 13.8. The fraction of sp³-hybridized carbons (Fsp3) is 0.160. The van der Waals surface area contributed by atoms with Crippen molar-refractivity contribution < 1.29 is 9.90 Å². The van der Waals surface area contributed by atoms with E-state index >= 15 is 0 Å². The van der Waals surface area contributed by atoms with Gasteiger partial charge in [0.05, 0.1) is 5.69 Å². The van der Waals surface area contributed by atoms with Crippen molar-refractivity contribution in [2.24, 2.45) is 0 Å². The molecule has 156 valence electrons. The van der Waals surface area contributed by atoms with E-state index in [1.165, 1.54) is 0 Å². The topological polar surface area (TPSA) is 68.0 Å². The Morgan fingerprint density at radius 2 is 1.71 bits per heavy atom. The summed E-state index contributed by atoms with van der Waals surface area (Å²) in [5.41, 5.74) is 3.67. The van der Waals surface area contributed by atoms with Crippen LogP contribution in [-0.4, -0.2) is 25.7 Å². The fourth-order valence-electron chi connectivity index (χ4n) is 3.74. The second kappa shape index (κ2) is 9.37. The highest BCUT2D eigenvalue weighted by Gasteiger charge is 2.24. The van der Waals surface area contributed by atoms with Gasteiger partial charge in [-0.05, 0) is 30.2 Å². The Hall–Kier alpha value is -3.09. The highest BCUT2D eigenvalue weighted by molar-refractivity contribution is 9.10. The van der Waals surface area contributed by atoms with Crippen molar-refractivity contribution in [1.82, 2.24) is 14.8 Å². The molecule has 4 aromatic rings. The number of rotatable bonds is 7. The molecule has 4 rings (SSSR count). The Labute approximate surface area is 189 Å². The number of aliphatic hydroxyl groups excluding tert-OH is 1. The minimum absolute atomic E-state index is 0.0804. The summed E-state index contributed by atoms with van der Waals surface area (Å²) >= 11 is 3.52. The molecule has 3 aromatic carbocycles. The lowest BCUT2D eigenvalue weighted by Crippen LogP contribution is -2.14. The summed E-state index contributed by atoms with van der Waals surface area (Å²) in [6.07, 6.45) is 1.66. The van der Waals surface area contributed by atoms with E-state index < -0.39 is 0 Å². The lowest BCUT2D eigenvalue weighted by molar-refractivity contribution is 0.103. The van der Waals surface area contributed by atoms with Crippen LogP contribution in [0.2, 0.25) is 0 Å². The Morgan fingerprint density at radius 1 is 0.968 bits per heavy atom. The quantitative estimate of drug-likeness (QED) is 0.364. The molecule has 1 N–H and O–H groups in total. The molecule has 0 saturated heterocycles. The van der Waals surface area contributed by atoms with E-state index in [0.29, 0.717) is 28.5 Å². The van der Waals surface area contributed by atoms with E-state index in [2.05, 4.69) is 33.1 Å². The number of benzene rings is 3. The summed E-state index contributed by atoms with van der Waals surface area (Å²) < 4.78 is 2.53. The van der Waals surface area contributed by atoms with Gasteiger partial charge in [0.15, 0.2) is 17.4 Å². The molecule has 0 bridgehead atoms. The van der Waals surface area contributed by atoms with Crippen LogP contribution in [0.15, 0.2) is 77.3 Å². The molecule has 0 radical (unpaired) electrons. The molecule has 0 unspecified atom stereocenters. The van der Waals surface area contributed by atoms with Gasteiger partial charge in [-0.1, -0.05) is 83.9 Å². The number of aryl methyl sites for hydroxylation is 1. The van der Waals surface area contributed by atoms with Crippen molar-refractivity contribution in [3.8, 4) is 17.1 Å². The summed E-state index contributed by atoms with van der Waals surface area (Å²) in [6.45, 7) is 1.80. The number of aliphatic hydroxyl groups is 1. The fourth-order valence-corrected chi connectivity index (χ4v) is 4.20. The number of halogens is 1. The number of nitrogens with zero attached hydrogens (tertiary/aromatic N) is 3. The molecule has 0 saturated carbocycles. The Balaban J connectivity index is 1.99. The maximum atomic E-state index is 13.8. The molecular weight excluding hydrogens is 454 g/mol. The predicted octanol–water partition coefficient (Wildman–Crippen LogP) is 5.37. The standard InChI is InChI=1S/C25H22BrN3O2/c1-2-9-17-12-8-15-21(23(17)24(31)19-13-6-7-14-20(19)26)29-22(16-30)27-28-25(29)18-10-4-3-5-11-18/h3-8,10-15,30H,2,9,16H2,1H3. The van der Waals surface area contributed by atoms with E-state index in [1.54, 1.807) is 4.57 Å². The van der Waals surface area contributed by atoms with Crippen LogP contribution < -0.4 is 0 Å². The van der Waals surface area contributed by atoms with Gasteiger partial charge in [-0.15, -0.1) is 10.2 Å². The first kappa shape index (κ1) is 21.2. The molecule has 0 fully saturated rings. The third-order valence-electron chi connectivity index (χ3n) is 5.14. The Bertz CT molecular complexity index is 1220. The molecule has 0 atom stereocenters. The number of hydrogen-bond donors (Lipinski definition) is 1. The van der Waals surface area contributed by atoms with E-state index in [4.69, 9.17) is 0 Å². The van der Waals surface area contributed by atoms with Crippen LogP contribution in [0.5, 0.6) is 0 Å². The van der Waals surface area contributed by atoms with E-state index in [0.717, 1.165) is 28.4 Å². The smallest absolute Gasteiger partial charge is 0.196 e. The van der Waals surface area contributed by atoms with Crippen molar-refractivity contribution in [2.75, 3.05) is 0 Å². The van der Waals surface area contributed by atoms with E-state index in [-0.39, 0.29) is 12.4 Å². The molecule has 0 aliphatic carbocycles.